The van der Waals surface area contributed by atoms with E-state index in [2.05, 4.69) is 11.3 Å². The first-order valence-corrected chi connectivity index (χ1v) is 6.28. The molecule has 7 heteroatoms. The Kier molecular flexibility index (Phi) is 4.08. The third-order valence-electron chi connectivity index (χ3n) is 2.27. The van der Waals surface area contributed by atoms with Gasteiger partial charge in [0.25, 0.3) is 0 Å². The van der Waals surface area contributed by atoms with Gasteiger partial charge in [-0.15, -0.1) is 0 Å². The number of hydrogen-bond acceptors (Lipinski definition) is 4. The van der Waals surface area contributed by atoms with Crippen molar-refractivity contribution < 1.29 is 17.9 Å². The molecule has 1 aliphatic heterocycles. The van der Waals surface area contributed by atoms with E-state index in [1.165, 1.54) is 30.2 Å². The van der Waals surface area contributed by atoms with Crippen LogP contribution in [0, 0.1) is 0 Å². The molecule has 1 heterocycles. The second kappa shape index (κ2) is 5.15. The molecule has 1 aliphatic rings. The van der Waals surface area contributed by atoms with Crippen LogP contribution in [0.2, 0.25) is 0 Å². The molecule has 0 radical (unpaired) electrons. The maximum atomic E-state index is 11.5. The summed E-state index contributed by atoms with van der Waals surface area (Å²) in [4.78, 5) is 12.4. The van der Waals surface area contributed by atoms with Crippen LogP contribution < -0.4 is 4.72 Å². The number of amides is 1. The molecule has 1 amide bonds. The Morgan fingerprint density at radius 1 is 1.59 bits per heavy atom. The zero-order chi connectivity index (χ0) is 13.1. The van der Waals surface area contributed by atoms with E-state index < -0.39 is 16.1 Å². The fourth-order valence-corrected chi connectivity index (χ4v) is 1.87. The van der Waals surface area contributed by atoms with Crippen LogP contribution in [0.3, 0.4) is 0 Å². The van der Waals surface area contributed by atoms with Crippen molar-refractivity contribution in [1.82, 2.24) is 9.62 Å². The normalized spacial score (nSPS) is 19.6. The second-order valence-corrected chi connectivity index (χ2v) is 5.14. The Labute approximate surface area is 100 Å². The standard InChI is InChI=1S/C10H14N2O4S/c1-4-9(17(14,15)11-2)6-5-8-7-16-10(13)12(8)3/h4-6,11H,1,7H2,2-3H3/b8-5+,9-6+. The SMILES string of the molecule is C=C/C(=C\C=C1/COC(=O)N1C)S(=O)(=O)NC. The third kappa shape index (κ3) is 2.95. The molecule has 0 aromatic rings. The predicted molar refractivity (Wildman–Crippen MR) is 63.5 cm³/mol. The van der Waals surface area contributed by atoms with E-state index in [0.717, 1.165) is 0 Å². The average molecular weight is 258 g/mol. The number of allylic oxidation sites excluding steroid dienone is 3. The predicted octanol–water partition coefficient (Wildman–Crippen LogP) is 0.571. The lowest BCUT2D eigenvalue weighted by molar-refractivity contribution is 0.163. The van der Waals surface area contributed by atoms with Crippen LogP contribution in [-0.4, -0.2) is 40.1 Å². The van der Waals surface area contributed by atoms with Gasteiger partial charge in [-0.25, -0.2) is 17.9 Å². The molecular weight excluding hydrogens is 244 g/mol. The van der Waals surface area contributed by atoms with Crippen molar-refractivity contribution in [2.24, 2.45) is 0 Å². The number of likely N-dealkylation sites (N-methyl/N-ethyl adjacent to an activating group) is 1. The fraction of sp³-hybridized carbons (Fsp3) is 0.300. The van der Waals surface area contributed by atoms with E-state index in [9.17, 15) is 13.2 Å². The summed E-state index contributed by atoms with van der Waals surface area (Å²) < 4.78 is 29.9. The van der Waals surface area contributed by atoms with E-state index in [4.69, 9.17) is 4.74 Å². The smallest absolute Gasteiger partial charge is 0.414 e. The number of carbonyl (C=O) groups excluding carboxylic acids is 1. The largest absolute Gasteiger partial charge is 0.443 e. The van der Waals surface area contributed by atoms with Gasteiger partial charge in [0.1, 0.15) is 6.61 Å². The first-order chi connectivity index (χ1) is 7.92. The summed E-state index contributed by atoms with van der Waals surface area (Å²) >= 11 is 0. The molecule has 0 bridgehead atoms. The molecule has 0 aromatic heterocycles. The summed E-state index contributed by atoms with van der Waals surface area (Å²) in [5, 5.41) is 0. The second-order valence-electron chi connectivity index (χ2n) is 3.25. The highest BCUT2D eigenvalue weighted by Gasteiger charge is 2.22. The van der Waals surface area contributed by atoms with Gasteiger partial charge in [-0.3, -0.25) is 4.90 Å². The van der Waals surface area contributed by atoms with Gasteiger partial charge in [-0.05, 0) is 25.3 Å². The average Bonchev–Trinajstić information content (AvgIpc) is 2.61. The fourth-order valence-electron chi connectivity index (χ4n) is 1.17. The monoisotopic (exact) mass is 258 g/mol. The van der Waals surface area contributed by atoms with Gasteiger partial charge in [-0.2, -0.15) is 0 Å². The molecule has 0 unspecified atom stereocenters. The van der Waals surface area contributed by atoms with E-state index >= 15 is 0 Å². The van der Waals surface area contributed by atoms with E-state index in [1.54, 1.807) is 7.05 Å². The Morgan fingerprint density at radius 2 is 2.24 bits per heavy atom. The van der Waals surface area contributed by atoms with Crippen molar-refractivity contribution in [3.05, 3.63) is 35.4 Å². The first-order valence-electron chi connectivity index (χ1n) is 4.79. The maximum absolute atomic E-state index is 11.5. The highest BCUT2D eigenvalue weighted by molar-refractivity contribution is 7.93. The quantitative estimate of drug-likeness (QED) is 0.748. The third-order valence-corrected chi connectivity index (χ3v) is 3.73. The molecule has 6 nitrogen and oxygen atoms in total. The lowest BCUT2D eigenvalue weighted by atomic mass is 10.3. The topological polar surface area (TPSA) is 75.7 Å². The summed E-state index contributed by atoms with van der Waals surface area (Å²) in [5.74, 6) is 0. The van der Waals surface area contributed by atoms with Crippen LogP contribution in [0.5, 0.6) is 0 Å². The minimum Gasteiger partial charge on any atom is -0.443 e. The molecule has 94 valence electrons. The van der Waals surface area contributed by atoms with Gasteiger partial charge in [0.05, 0.1) is 10.6 Å². The van der Waals surface area contributed by atoms with E-state index in [-0.39, 0.29) is 11.5 Å². The molecular formula is C10H14N2O4S. The van der Waals surface area contributed by atoms with Gasteiger partial charge in [0.15, 0.2) is 0 Å². The Balaban J connectivity index is 3.00. The number of nitrogens with one attached hydrogen (secondary N) is 1. The number of carbonyl (C=O) groups is 1. The lowest BCUT2D eigenvalue weighted by Gasteiger charge is -2.05. The molecule has 1 saturated heterocycles. The number of hydrogen-bond donors (Lipinski definition) is 1. The molecule has 0 aromatic carbocycles. The van der Waals surface area contributed by atoms with Crippen molar-refractivity contribution >= 4 is 16.1 Å². The van der Waals surface area contributed by atoms with Crippen molar-refractivity contribution in [1.29, 1.82) is 0 Å². The van der Waals surface area contributed by atoms with Gasteiger partial charge in [0.2, 0.25) is 10.0 Å². The first kappa shape index (κ1) is 13.5. The molecule has 0 saturated carbocycles. The van der Waals surface area contributed by atoms with Gasteiger partial charge < -0.3 is 4.74 Å². The van der Waals surface area contributed by atoms with Crippen molar-refractivity contribution in [3.8, 4) is 0 Å². The van der Waals surface area contributed by atoms with E-state index in [0.29, 0.717) is 5.70 Å². The summed E-state index contributed by atoms with van der Waals surface area (Å²) in [6.07, 6.45) is 3.64. The number of cyclic esters (lactones) is 1. The zero-order valence-corrected chi connectivity index (χ0v) is 10.5. The summed E-state index contributed by atoms with van der Waals surface area (Å²) in [6.45, 7) is 3.56. The van der Waals surface area contributed by atoms with Crippen LogP contribution in [0.1, 0.15) is 0 Å². The Morgan fingerprint density at radius 3 is 2.65 bits per heavy atom. The van der Waals surface area contributed by atoms with Crippen LogP contribution in [0.15, 0.2) is 35.4 Å². The molecule has 1 N–H and O–H groups in total. The summed E-state index contributed by atoms with van der Waals surface area (Å²) in [7, 11) is -0.664. The van der Waals surface area contributed by atoms with Crippen molar-refractivity contribution in [2.75, 3.05) is 20.7 Å². The zero-order valence-electron chi connectivity index (χ0n) is 9.63. The number of nitrogens with zero attached hydrogens (tertiary/aromatic N) is 1. The molecule has 17 heavy (non-hydrogen) atoms. The number of rotatable bonds is 4. The molecule has 1 rings (SSSR count). The summed E-state index contributed by atoms with van der Waals surface area (Å²) in [6, 6.07) is 0. The minimum absolute atomic E-state index is 0.0280. The van der Waals surface area contributed by atoms with Crippen molar-refractivity contribution in [3.63, 3.8) is 0 Å². The van der Waals surface area contributed by atoms with Crippen LogP contribution in [0.4, 0.5) is 4.79 Å². The highest BCUT2D eigenvalue weighted by atomic mass is 32.2. The molecule has 0 spiro atoms. The lowest BCUT2D eigenvalue weighted by Crippen LogP contribution is -2.19. The molecule has 0 atom stereocenters. The van der Waals surface area contributed by atoms with E-state index in [1.807, 2.05) is 0 Å². The van der Waals surface area contributed by atoms with Crippen molar-refractivity contribution in [2.45, 2.75) is 0 Å². The highest BCUT2D eigenvalue weighted by Crippen LogP contribution is 2.14. The number of ether oxygens (including phenoxy) is 1. The number of sulfonamides is 1. The van der Waals surface area contributed by atoms with Gasteiger partial charge in [-0.1, -0.05) is 6.58 Å². The maximum Gasteiger partial charge on any atom is 0.414 e. The van der Waals surface area contributed by atoms with Gasteiger partial charge in [0, 0.05) is 7.05 Å². The Hall–Kier alpha value is -1.60. The molecule has 1 fully saturated rings. The van der Waals surface area contributed by atoms with Gasteiger partial charge >= 0.3 is 6.09 Å². The van der Waals surface area contributed by atoms with Crippen LogP contribution in [-0.2, 0) is 14.8 Å². The Bertz CT molecular complexity index is 490. The summed E-state index contributed by atoms with van der Waals surface area (Å²) in [5.41, 5.74) is 0.584. The van der Waals surface area contributed by atoms with Crippen LogP contribution in [0.25, 0.3) is 0 Å². The molecule has 0 aliphatic carbocycles. The minimum atomic E-state index is -3.53. The van der Waals surface area contributed by atoms with Crippen LogP contribution >= 0.6 is 0 Å².